The van der Waals surface area contributed by atoms with Gasteiger partial charge in [-0.15, -0.1) is 11.3 Å². The molecule has 2 N–H and O–H groups in total. The van der Waals surface area contributed by atoms with Crippen molar-refractivity contribution in [2.75, 3.05) is 26.2 Å². The lowest BCUT2D eigenvalue weighted by Gasteiger charge is -2.32. The largest absolute Gasteiger partial charge is 0.354 e. The number of nitrogens with zero attached hydrogens (tertiary/aromatic N) is 3. The standard InChI is InChI=1S/C20H27N5OS/c26-19(17-7-3-9-21-17)23-11-15-5-4-10-25(12-15)13-16-14-27-20(24-16)18-6-1-2-8-22-18/h1-2,6,8,14-15,17,21H,3-5,7,9-13H2,(H,23,26). The minimum absolute atomic E-state index is 0.0183. The van der Waals surface area contributed by atoms with E-state index in [2.05, 4.69) is 25.9 Å². The number of amides is 1. The predicted octanol–water partition coefficient (Wildman–Crippen LogP) is 2.29. The van der Waals surface area contributed by atoms with E-state index >= 15 is 0 Å². The number of hydrogen-bond acceptors (Lipinski definition) is 6. The Morgan fingerprint density at radius 1 is 1.33 bits per heavy atom. The average molecular weight is 386 g/mol. The van der Waals surface area contributed by atoms with Crippen molar-refractivity contribution >= 4 is 17.2 Å². The Morgan fingerprint density at radius 3 is 3.11 bits per heavy atom. The van der Waals surface area contributed by atoms with Gasteiger partial charge in [0.15, 0.2) is 0 Å². The molecule has 0 spiro atoms. The maximum absolute atomic E-state index is 12.2. The quantitative estimate of drug-likeness (QED) is 0.798. The summed E-state index contributed by atoms with van der Waals surface area (Å²) in [5.74, 6) is 0.696. The second-order valence-electron chi connectivity index (χ2n) is 7.50. The number of carbonyl (C=O) groups is 1. The van der Waals surface area contributed by atoms with Gasteiger partial charge < -0.3 is 10.6 Å². The van der Waals surface area contributed by atoms with Crippen molar-refractivity contribution in [2.45, 2.75) is 38.3 Å². The molecule has 27 heavy (non-hydrogen) atoms. The molecule has 1 amide bonds. The highest BCUT2D eigenvalue weighted by Gasteiger charge is 2.25. The van der Waals surface area contributed by atoms with Gasteiger partial charge in [0.05, 0.1) is 17.4 Å². The molecule has 0 saturated carbocycles. The third-order valence-corrected chi connectivity index (χ3v) is 6.28. The van der Waals surface area contributed by atoms with E-state index in [1.165, 1.54) is 12.8 Å². The summed E-state index contributed by atoms with van der Waals surface area (Å²) in [5, 5.41) is 9.54. The lowest BCUT2D eigenvalue weighted by Crippen LogP contribution is -2.45. The van der Waals surface area contributed by atoms with E-state index in [9.17, 15) is 4.79 Å². The van der Waals surface area contributed by atoms with E-state index < -0.39 is 0 Å². The first-order valence-electron chi connectivity index (χ1n) is 9.87. The molecule has 0 bridgehead atoms. The van der Waals surface area contributed by atoms with Crippen LogP contribution < -0.4 is 10.6 Å². The summed E-state index contributed by atoms with van der Waals surface area (Å²) < 4.78 is 0. The van der Waals surface area contributed by atoms with E-state index in [0.29, 0.717) is 5.92 Å². The first-order valence-corrected chi connectivity index (χ1v) is 10.7. The monoisotopic (exact) mass is 385 g/mol. The average Bonchev–Trinajstić information content (AvgIpc) is 3.39. The van der Waals surface area contributed by atoms with Crippen LogP contribution >= 0.6 is 11.3 Å². The molecule has 2 saturated heterocycles. The Kier molecular flexibility index (Phi) is 6.11. The molecule has 2 aliphatic heterocycles. The van der Waals surface area contributed by atoms with E-state index in [1.807, 2.05) is 18.2 Å². The Hall–Kier alpha value is -1.83. The van der Waals surface area contributed by atoms with Gasteiger partial charge in [0.2, 0.25) is 5.91 Å². The fraction of sp³-hybridized carbons (Fsp3) is 0.550. The van der Waals surface area contributed by atoms with Gasteiger partial charge in [-0.2, -0.15) is 0 Å². The van der Waals surface area contributed by atoms with E-state index in [4.69, 9.17) is 4.98 Å². The molecule has 0 aliphatic carbocycles. The highest BCUT2D eigenvalue weighted by Crippen LogP contribution is 2.24. The van der Waals surface area contributed by atoms with Gasteiger partial charge in [0, 0.05) is 31.2 Å². The number of carbonyl (C=O) groups excluding carboxylic acids is 1. The normalized spacial score (nSPS) is 23.4. The lowest BCUT2D eigenvalue weighted by atomic mass is 9.97. The molecular formula is C20H27N5OS. The summed E-state index contributed by atoms with van der Waals surface area (Å²) in [6, 6.07) is 5.94. The number of aromatic nitrogens is 2. The van der Waals surface area contributed by atoms with Crippen molar-refractivity contribution in [3.63, 3.8) is 0 Å². The van der Waals surface area contributed by atoms with E-state index in [0.717, 1.165) is 62.0 Å². The molecule has 4 rings (SSSR count). The second-order valence-corrected chi connectivity index (χ2v) is 8.35. The molecule has 7 heteroatoms. The van der Waals surface area contributed by atoms with E-state index in [-0.39, 0.29) is 11.9 Å². The summed E-state index contributed by atoms with van der Waals surface area (Å²) in [6.45, 7) is 4.74. The number of nitrogens with one attached hydrogen (secondary N) is 2. The SMILES string of the molecule is O=C(NCC1CCCN(Cc2csc(-c3ccccn3)n2)C1)C1CCCN1. The zero-order valence-corrected chi connectivity index (χ0v) is 16.4. The first-order chi connectivity index (χ1) is 13.3. The predicted molar refractivity (Wildman–Crippen MR) is 107 cm³/mol. The third kappa shape index (κ3) is 4.91. The third-order valence-electron chi connectivity index (χ3n) is 5.37. The van der Waals surface area contributed by atoms with Gasteiger partial charge in [0.25, 0.3) is 0 Å². The molecule has 0 aromatic carbocycles. The van der Waals surface area contributed by atoms with Crippen LogP contribution in [0.5, 0.6) is 0 Å². The van der Waals surface area contributed by atoms with Crippen molar-refractivity contribution in [3.05, 3.63) is 35.5 Å². The van der Waals surface area contributed by atoms with Crippen LogP contribution in [0.3, 0.4) is 0 Å². The van der Waals surface area contributed by atoms with Crippen LogP contribution in [0.2, 0.25) is 0 Å². The molecule has 4 heterocycles. The van der Waals surface area contributed by atoms with Crippen molar-refractivity contribution in [3.8, 4) is 10.7 Å². The van der Waals surface area contributed by atoms with Gasteiger partial charge in [-0.1, -0.05) is 6.07 Å². The van der Waals surface area contributed by atoms with Crippen LogP contribution in [0, 0.1) is 5.92 Å². The minimum atomic E-state index is 0.0183. The number of pyridine rings is 1. The summed E-state index contributed by atoms with van der Waals surface area (Å²) in [7, 11) is 0. The van der Waals surface area contributed by atoms with Crippen molar-refractivity contribution in [2.24, 2.45) is 5.92 Å². The van der Waals surface area contributed by atoms with Crippen molar-refractivity contribution in [1.29, 1.82) is 0 Å². The number of thiazole rings is 1. The lowest BCUT2D eigenvalue weighted by molar-refractivity contribution is -0.123. The molecule has 144 valence electrons. The van der Waals surface area contributed by atoms with Crippen LogP contribution in [0.1, 0.15) is 31.4 Å². The molecular weight excluding hydrogens is 358 g/mol. The van der Waals surface area contributed by atoms with Crippen LogP contribution in [0.15, 0.2) is 29.8 Å². The summed E-state index contributed by atoms with van der Waals surface area (Å²) >= 11 is 1.66. The van der Waals surface area contributed by atoms with Crippen LogP contribution in [-0.4, -0.2) is 53.0 Å². The fourth-order valence-electron chi connectivity index (χ4n) is 3.95. The Balaban J connectivity index is 1.27. The maximum Gasteiger partial charge on any atom is 0.237 e. The van der Waals surface area contributed by atoms with E-state index in [1.54, 1.807) is 17.5 Å². The number of rotatable bonds is 6. The summed E-state index contributed by atoms with van der Waals surface area (Å²) in [4.78, 5) is 23.8. The molecule has 6 nitrogen and oxygen atoms in total. The zero-order valence-electron chi connectivity index (χ0n) is 15.6. The molecule has 2 atom stereocenters. The maximum atomic E-state index is 12.2. The molecule has 2 aromatic rings. The van der Waals surface area contributed by atoms with Gasteiger partial charge >= 0.3 is 0 Å². The fourth-order valence-corrected chi connectivity index (χ4v) is 4.74. The topological polar surface area (TPSA) is 70.2 Å². The van der Waals surface area contributed by atoms with Gasteiger partial charge in [-0.25, -0.2) is 4.98 Å². The minimum Gasteiger partial charge on any atom is -0.354 e. The smallest absolute Gasteiger partial charge is 0.237 e. The Labute approximate surface area is 164 Å². The highest BCUT2D eigenvalue weighted by atomic mass is 32.1. The second kappa shape index (κ2) is 8.91. The number of likely N-dealkylation sites (tertiary alicyclic amines) is 1. The van der Waals surface area contributed by atoms with Crippen molar-refractivity contribution in [1.82, 2.24) is 25.5 Å². The Bertz CT molecular complexity index is 744. The van der Waals surface area contributed by atoms with Crippen LogP contribution in [-0.2, 0) is 11.3 Å². The highest BCUT2D eigenvalue weighted by molar-refractivity contribution is 7.13. The molecule has 0 radical (unpaired) electrons. The zero-order chi connectivity index (χ0) is 18.5. The Morgan fingerprint density at radius 2 is 2.30 bits per heavy atom. The number of piperidine rings is 1. The first kappa shape index (κ1) is 18.5. The van der Waals surface area contributed by atoms with Gasteiger partial charge in [-0.3, -0.25) is 14.7 Å². The number of hydrogen-bond donors (Lipinski definition) is 2. The van der Waals surface area contributed by atoms with Gasteiger partial charge in [-0.05, 0) is 56.8 Å². The molecule has 2 unspecified atom stereocenters. The summed E-state index contributed by atoms with van der Waals surface area (Å²) in [6.07, 6.45) is 6.24. The molecule has 2 fully saturated rings. The van der Waals surface area contributed by atoms with Gasteiger partial charge in [0.1, 0.15) is 5.01 Å². The molecule has 2 aromatic heterocycles. The van der Waals surface area contributed by atoms with Crippen molar-refractivity contribution < 1.29 is 4.79 Å². The van der Waals surface area contributed by atoms with Crippen LogP contribution in [0.25, 0.3) is 10.7 Å². The molecule has 2 aliphatic rings. The summed E-state index contributed by atoms with van der Waals surface area (Å²) in [5.41, 5.74) is 2.05. The van der Waals surface area contributed by atoms with Crippen LogP contribution in [0.4, 0.5) is 0 Å².